The minimum absolute atomic E-state index is 0.0434. The fourth-order valence-corrected chi connectivity index (χ4v) is 4.23. The van der Waals surface area contributed by atoms with E-state index in [1.54, 1.807) is 55.5 Å². The van der Waals surface area contributed by atoms with E-state index in [1.165, 1.54) is 0 Å². The fourth-order valence-electron chi connectivity index (χ4n) is 4.23. The Morgan fingerprint density at radius 2 is 1.58 bits per heavy atom. The highest BCUT2D eigenvalue weighted by molar-refractivity contribution is 6.29. The molecule has 2 unspecified atom stereocenters. The third-order valence-electron chi connectivity index (χ3n) is 5.94. The van der Waals surface area contributed by atoms with E-state index in [1.807, 2.05) is 38.1 Å². The van der Waals surface area contributed by atoms with E-state index < -0.39 is 11.6 Å². The lowest BCUT2D eigenvalue weighted by atomic mass is 9.71. The molecule has 0 fully saturated rings. The summed E-state index contributed by atoms with van der Waals surface area (Å²) < 4.78 is 12.5. The maximum absolute atomic E-state index is 13.5. The van der Waals surface area contributed by atoms with Gasteiger partial charge in [0, 0.05) is 16.7 Å². The molecule has 0 heterocycles. The zero-order chi connectivity index (χ0) is 23.8. The molecule has 6 nitrogen and oxygen atoms in total. The summed E-state index contributed by atoms with van der Waals surface area (Å²) in [5, 5.41) is 0. The van der Waals surface area contributed by atoms with Gasteiger partial charge in [0.1, 0.15) is 11.5 Å². The molecule has 2 aliphatic carbocycles. The van der Waals surface area contributed by atoms with E-state index in [-0.39, 0.29) is 34.2 Å². The van der Waals surface area contributed by atoms with E-state index >= 15 is 0 Å². The van der Waals surface area contributed by atoms with Gasteiger partial charge in [0.15, 0.2) is 22.9 Å². The van der Waals surface area contributed by atoms with Crippen molar-refractivity contribution >= 4 is 11.6 Å². The number of hydrogen-bond acceptors (Lipinski definition) is 6. The first-order valence-corrected chi connectivity index (χ1v) is 10.7. The number of Topliss-reactive ketones (excluding diaryl/α,β-unsaturated/α-hetero) is 2. The molecule has 0 saturated carbocycles. The number of para-hydroxylation sites is 1. The van der Waals surface area contributed by atoms with Crippen molar-refractivity contribution in [3.63, 3.8) is 0 Å². The summed E-state index contributed by atoms with van der Waals surface area (Å²) >= 11 is 0. The van der Waals surface area contributed by atoms with E-state index in [0.717, 1.165) is 0 Å². The summed E-state index contributed by atoms with van der Waals surface area (Å²) in [6.07, 6.45) is 5.35. The lowest BCUT2D eigenvalue weighted by Crippen LogP contribution is -2.58. The third kappa shape index (κ3) is 3.58. The smallest absolute Gasteiger partial charge is 0.196 e. The van der Waals surface area contributed by atoms with Crippen LogP contribution in [-0.2, 0) is 4.74 Å². The molecule has 0 bridgehead atoms. The molecule has 6 heteroatoms. The van der Waals surface area contributed by atoms with Gasteiger partial charge in [0.25, 0.3) is 0 Å². The standard InChI is InChI=1S/C27H26N2O4/c1-4-11-16(5-2)32-26-22(28)20-21(24(31)19-15-10-9-14-18(19)23(20)30)25(29)27(26,3)33-17-12-7-6-8-13-17/h4-15,25H,28-29H2,1-3H3/b11-4-,16-5+. The summed E-state index contributed by atoms with van der Waals surface area (Å²) in [6.45, 7) is 5.40. The quantitative estimate of drug-likeness (QED) is 0.531. The molecule has 4 N–H and O–H groups in total. The maximum Gasteiger partial charge on any atom is 0.196 e. The van der Waals surface area contributed by atoms with Crippen LogP contribution in [0.5, 0.6) is 5.75 Å². The number of hydrogen-bond donors (Lipinski definition) is 2. The van der Waals surface area contributed by atoms with Crippen LogP contribution < -0.4 is 16.2 Å². The molecule has 0 radical (unpaired) electrons. The highest BCUT2D eigenvalue weighted by Crippen LogP contribution is 2.44. The first-order valence-electron chi connectivity index (χ1n) is 10.7. The summed E-state index contributed by atoms with van der Waals surface area (Å²) in [7, 11) is 0. The maximum atomic E-state index is 13.5. The molecular formula is C27H26N2O4. The predicted octanol–water partition coefficient (Wildman–Crippen LogP) is 4.21. The Bertz CT molecular complexity index is 1250. The highest BCUT2D eigenvalue weighted by atomic mass is 16.6. The molecule has 2 atom stereocenters. The Balaban J connectivity index is 1.94. The van der Waals surface area contributed by atoms with Crippen molar-refractivity contribution in [1.29, 1.82) is 0 Å². The number of ether oxygens (including phenoxy) is 2. The van der Waals surface area contributed by atoms with Crippen molar-refractivity contribution in [3.8, 4) is 5.75 Å². The fraction of sp³-hybridized carbons (Fsp3) is 0.185. The van der Waals surface area contributed by atoms with Crippen molar-refractivity contribution in [2.75, 3.05) is 0 Å². The van der Waals surface area contributed by atoms with Gasteiger partial charge in [-0.25, -0.2) is 0 Å². The number of rotatable bonds is 5. The summed E-state index contributed by atoms with van der Waals surface area (Å²) in [5.41, 5.74) is 12.8. The van der Waals surface area contributed by atoms with Crippen molar-refractivity contribution < 1.29 is 19.1 Å². The normalized spacial score (nSPS) is 23.0. The molecule has 0 amide bonds. The highest BCUT2D eigenvalue weighted by Gasteiger charge is 2.53. The average molecular weight is 443 g/mol. The van der Waals surface area contributed by atoms with E-state index in [4.69, 9.17) is 20.9 Å². The summed E-state index contributed by atoms with van der Waals surface area (Å²) in [5.74, 6) is 0.520. The first-order chi connectivity index (χ1) is 15.8. The van der Waals surface area contributed by atoms with Gasteiger partial charge in [-0.15, -0.1) is 0 Å². The van der Waals surface area contributed by atoms with Gasteiger partial charge in [0.2, 0.25) is 0 Å². The Morgan fingerprint density at radius 3 is 2.18 bits per heavy atom. The van der Waals surface area contributed by atoms with Crippen LogP contribution in [0, 0.1) is 0 Å². The van der Waals surface area contributed by atoms with Crippen molar-refractivity contribution in [2.24, 2.45) is 11.5 Å². The van der Waals surface area contributed by atoms with Crippen LogP contribution in [0.4, 0.5) is 0 Å². The summed E-state index contributed by atoms with van der Waals surface area (Å²) in [4.78, 5) is 26.9. The molecule has 2 aromatic rings. The van der Waals surface area contributed by atoms with Gasteiger partial charge in [0.05, 0.1) is 17.3 Å². The first kappa shape index (κ1) is 22.3. The van der Waals surface area contributed by atoms with Crippen molar-refractivity contribution in [3.05, 3.63) is 112 Å². The van der Waals surface area contributed by atoms with Gasteiger partial charge in [-0.3, -0.25) is 9.59 Å². The molecule has 2 aromatic carbocycles. The monoisotopic (exact) mass is 442 g/mol. The minimum Gasteiger partial charge on any atom is -0.478 e. The Kier molecular flexibility index (Phi) is 5.78. The van der Waals surface area contributed by atoms with Crippen molar-refractivity contribution in [1.82, 2.24) is 0 Å². The molecule has 0 aliphatic heterocycles. The van der Waals surface area contributed by atoms with Gasteiger partial charge in [-0.1, -0.05) is 48.5 Å². The molecule has 4 rings (SSSR count). The van der Waals surface area contributed by atoms with Gasteiger partial charge in [-0.05, 0) is 45.1 Å². The summed E-state index contributed by atoms with van der Waals surface area (Å²) in [6, 6.07) is 14.7. The Morgan fingerprint density at radius 1 is 0.970 bits per heavy atom. The van der Waals surface area contributed by atoms with Crippen molar-refractivity contribution in [2.45, 2.75) is 32.4 Å². The molecule has 2 aliphatic rings. The molecule has 0 spiro atoms. The number of nitrogens with two attached hydrogens (primary N) is 2. The van der Waals surface area contributed by atoms with Crippen LogP contribution in [0.25, 0.3) is 0 Å². The molecular weight excluding hydrogens is 416 g/mol. The lowest BCUT2D eigenvalue weighted by Gasteiger charge is -2.43. The van der Waals surface area contributed by atoms with Crippen LogP contribution >= 0.6 is 0 Å². The minimum atomic E-state index is -1.36. The predicted molar refractivity (Wildman–Crippen MR) is 126 cm³/mol. The van der Waals surface area contributed by atoms with Crippen LogP contribution in [0.15, 0.2) is 101 Å². The Labute approximate surface area is 192 Å². The van der Waals surface area contributed by atoms with Gasteiger partial charge in [-0.2, -0.15) is 0 Å². The zero-order valence-electron chi connectivity index (χ0n) is 18.8. The van der Waals surface area contributed by atoms with Crippen LogP contribution in [0.3, 0.4) is 0 Å². The number of fused-ring (bicyclic) bond motifs is 1. The van der Waals surface area contributed by atoms with Crippen LogP contribution in [0.1, 0.15) is 41.5 Å². The molecule has 33 heavy (non-hydrogen) atoms. The third-order valence-corrected chi connectivity index (χ3v) is 5.94. The second kappa shape index (κ2) is 8.56. The van der Waals surface area contributed by atoms with E-state index in [9.17, 15) is 9.59 Å². The largest absolute Gasteiger partial charge is 0.478 e. The Hall–Kier alpha value is -3.90. The molecule has 168 valence electrons. The average Bonchev–Trinajstić information content (AvgIpc) is 2.82. The zero-order valence-corrected chi connectivity index (χ0v) is 18.8. The van der Waals surface area contributed by atoms with Gasteiger partial charge >= 0.3 is 0 Å². The molecule has 0 aromatic heterocycles. The number of ketones is 2. The second-order valence-electron chi connectivity index (χ2n) is 8.03. The number of carbonyl (C=O) groups is 2. The number of carbonyl (C=O) groups excluding carboxylic acids is 2. The topological polar surface area (TPSA) is 105 Å². The number of benzene rings is 2. The molecule has 0 saturated heterocycles. The van der Waals surface area contributed by atoms with Crippen LogP contribution in [-0.4, -0.2) is 23.2 Å². The van der Waals surface area contributed by atoms with E-state index in [2.05, 4.69) is 0 Å². The lowest BCUT2D eigenvalue weighted by molar-refractivity contribution is 0.0466. The van der Waals surface area contributed by atoms with Crippen LogP contribution in [0.2, 0.25) is 0 Å². The second-order valence-corrected chi connectivity index (χ2v) is 8.03. The SMILES string of the molecule is C/C=C\C(=C/C)OC1=C(N)C2=C(C(=O)c3ccccc3C2=O)C(N)C1(C)Oc1ccccc1. The van der Waals surface area contributed by atoms with E-state index in [0.29, 0.717) is 22.6 Å². The van der Waals surface area contributed by atoms with Gasteiger partial charge < -0.3 is 20.9 Å². The number of allylic oxidation sites excluding steroid dienone is 4.